The normalized spacial score (nSPS) is 11.7. The van der Waals surface area contributed by atoms with E-state index < -0.39 is 23.4 Å². The Balaban J connectivity index is 2.11. The van der Waals surface area contributed by atoms with Crippen molar-refractivity contribution in [2.45, 2.75) is 52.7 Å². The first-order chi connectivity index (χ1) is 15.3. The van der Waals surface area contributed by atoms with E-state index in [9.17, 15) is 9.59 Å². The highest BCUT2D eigenvalue weighted by atomic mass is 79.9. The third-order valence-electron chi connectivity index (χ3n) is 3.97. The van der Waals surface area contributed by atoms with Crippen LogP contribution in [-0.2, 0) is 9.47 Å². The summed E-state index contributed by atoms with van der Waals surface area (Å²) in [5, 5.41) is 0. The number of benzene rings is 1. The van der Waals surface area contributed by atoms with Crippen LogP contribution in [-0.4, -0.2) is 43.3 Å². The van der Waals surface area contributed by atoms with Gasteiger partial charge in [-0.25, -0.2) is 24.5 Å². The maximum atomic E-state index is 13.1. The quantitative estimate of drug-likeness (QED) is 0.457. The number of halogens is 1. The van der Waals surface area contributed by atoms with Crippen molar-refractivity contribution in [3.05, 3.63) is 47.3 Å². The lowest BCUT2D eigenvalue weighted by Crippen LogP contribution is -2.44. The summed E-state index contributed by atoms with van der Waals surface area (Å²) in [6.07, 6.45) is 1.14. The molecule has 0 saturated carbocycles. The van der Waals surface area contributed by atoms with E-state index >= 15 is 0 Å². The van der Waals surface area contributed by atoms with Gasteiger partial charge < -0.3 is 14.5 Å². The molecule has 3 aromatic rings. The molecule has 1 N–H and O–H groups in total. The second-order valence-corrected chi connectivity index (χ2v) is 9.99. The first-order valence-corrected chi connectivity index (χ1v) is 11.0. The van der Waals surface area contributed by atoms with Crippen molar-refractivity contribution in [2.75, 3.05) is 4.90 Å². The summed E-state index contributed by atoms with van der Waals surface area (Å²) in [6.45, 7) is 10.2. The molecule has 0 atom stereocenters. The molecule has 0 unspecified atom stereocenters. The molecule has 33 heavy (non-hydrogen) atoms. The van der Waals surface area contributed by atoms with Crippen LogP contribution in [0.5, 0.6) is 0 Å². The molecular weight excluding hydrogens is 490 g/mol. The van der Waals surface area contributed by atoms with Crippen LogP contribution in [0.1, 0.15) is 41.5 Å². The molecule has 174 valence electrons. The Kier molecular flexibility index (Phi) is 6.87. The highest BCUT2D eigenvalue weighted by Gasteiger charge is 2.36. The Morgan fingerprint density at radius 2 is 1.48 bits per heavy atom. The predicted molar refractivity (Wildman–Crippen MR) is 128 cm³/mol. The third-order valence-corrected chi connectivity index (χ3v) is 4.35. The standard InChI is InChI=1S/C23H26BrN5O4/c1-22(2,3)32-20(30)29(21(31)33-23(4,5)6)19-17(28-16(24)13-26-19)18-25-12-15(27-18)14-10-8-7-9-11-14/h7-13H,1-6H3,(H,25,27). The van der Waals surface area contributed by atoms with E-state index in [-0.39, 0.29) is 11.5 Å². The van der Waals surface area contributed by atoms with E-state index in [1.54, 1.807) is 47.7 Å². The van der Waals surface area contributed by atoms with Gasteiger partial charge in [-0.2, -0.15) is 4.90 Å². The fourth-order valence-corrected chi connectivity index (χ4v) is 3.03. The van der Waals surface area contributed by atoms with Gasteiger partial charge in [-0.15, -0.1) is 0 Å². The minimum absolute atomic E-state index is 0.0735. The second kappa shape index (κ2) is 9.30. The highest BCUT2D eigenvalue weighted by molar-refractivity contribution is 9.10. The average Bonchev–Trinajstić information content (AvgIpc) is 3.17. The number of imidazole rings is 1. The van der Waals surface area contributed by atoms with E-state index in [2.05, 4.69) is 35.9 Å². The summed E-state index contributed by atoms with van der Waals surface area (Å²) in [6, 6.07) is 9.59. The number of H-pyrrole nitrogens is 1. The zero-order chi connectivity index (χ0) is 24.4. The summed E-state index contributed by atoms with van der Waals surface area (Å²) < 4.78 is 11.3. The van der Waals surface area contributed by atoms with Crippen molar-refractivity contribution in [3.8, 4) is 22.8 Å². The molecule has 3 rings (SSSR count). The molecule has 10 heteroatoms. The van der Waals surface area contributed by atoms with Crippen LogP contribution in [0.4, 0.5) is 15.4 Å². The Morgan fingerprint density at radius 1 is 0.909 bits per heavy atom. The molecule has 0 spiro atoms. The number of carbonyl (C=O) groups excluding carboxylic acids is 2. The van der Waals surface area contributed by atoms with E-state index in [0.29, 0.717) is 10.4 Å². The van der Waals surface area contributed by atoms with Crippen LogP contribution in [0.2, 0.25) is 0 Å². The number of hydrogen-bond donors (Lipinski definition) is 1. The molecule has 9 nitrogen and oxygen atoms in total. The number of ether oxygens (including phenoxy) is 2. The summed E-state index contributed by atoms with van der Waals surface area (Å²) >= 11 is 3.30. The molecule has 0 radical (unpaired) electrons. The Morgan fingerprint density at radius 3 is 2.03 bits per heavy atom. The lowest BCUT2D eigenvalue weighted by Gasteiger charge is -2.28. The van der Waals surface area contributed by atoms with Gasteiger partial charge >= 0.3 is 12.2 Å². The minimum atomic E-state index is -0.940. The number of aromatic amines is 1. The molecule has 2 aromatic heterocycles. The van der Waals surface area contributed by atoms with Gasteiger partial charge in [0.05, 0.1) is 18.1 Å². The van der Waals surface area contributed by atoms with Crippen LogP contribution in [0, 0.1) is 0 Å². The van der Waals surface area contributed by atoms with Crippen molar-refractivity contribution >= 4 is 33.9 Å². The van der Waals surface area contributed by atoms with Gasteiger partial charge in [0.25, 0.3) is 0 Å². The van der Waals surface area contributed by atoms with Crippen molar-refractivity contribution in [2.24, 2.45) is 0 Å². The molecule has 0 aliphatic carbocycles. The van der Waals surface area contributed by atoms with E-state index in [1.807, 2.05) is 30.3 Å². The molecule has 2 heterocycles. The van der Waals surface area contributed by atoms with Crippen molar-refractivity contribution < 1.29 is 19.1 Å². The molecule has 0 bridgehead atoms. The van der Waals surface area contributed by atoms with Crippen LogP contribution in [0.3, 0.4) is 0 Å². The Hall–Kier alpha value is -3.27. The zero-order valence-corrected chi connectivity index (χ0v) is 20.9. The van der Waals surface area contributed by atoms with E-state index in [4.69, 9.17) is 9.47 Å². The van der Waals surface area contributed by atoms with Crippen molar-refractivity contribution in [1.82, 2.24) is 19.9 Å². The number of imide groups is 1. The van der Waals surface area contributed by atoms with Crippen LogP contribution >= 0.6 is 15.9 Å². The molecule has 1 aromatic carbocycles. The van der Waals surface area contributed by atoms with Gasteiger partial charge in [0.1, 0.15) is 15.8 Å². The lowest BCUT2D eigenvalue weighted by molar-refractivity contribution is 0.0429. The van der Waals surface area contributed by atoms with Gasteiger partial charge in [-0.05, 0) is 63.0 Å². The highest BCUT2D eigenvalue weighted by Crippen LogP contribution is 2.31. The summed E-state index contributed by atoms with van der Waals surface area (Å²) in [4.78, 5) is 43.2. The average molecular weight is 516 g/mol. The third kappa shape index (κ3) is 6.38. The number of anilines is 1. The number of amides is 2. The number of nitrogens with one attached hydrogen (secondary N) is 1. The van der Waals surface area contributed by atoms with E-state index in [0.717, 1.165) is 16.2 Å². The van der Waals surface area contributed by atoms with Crippen LogP contribution < -0.4 is 4.90 Å². The van der Waals surface area contributed by atoms with Gasteiger partial charge in [0, 0.05) is 0 Å². The SMILES string of the molecule is CC(C)(C)OC(=O)N(C(=O)OC(C)(C)C)c1ncc(Br)nc1-c1ncc(-c2ccccc2)[nH]1. The maximum Gasteiger partial charge on any atom is 0.425 e. The Bertz CT molecular complexity index is 1120. The molecule has 2 amide bonds. The summed E-state index contributed by atoms with van der Waals surface area (Å²) in [7, 11) is 0. The first kappa shape index (κ1) is 24.4. The number of rotatable bonds is 3. The van der Waals surface area contributed by atoms with Gasteiger partial charge in [0.15, 0.2) is 17.3 Å². The maximum absolute atomic E-state index is 13.1. The molecule has 0 aliphatic rings. The lowest BCUT2D eigenvalue weighted by atomic mass is 10.2. The molecular formula is C23H26BrN5O4. The second-order valence-electron chi connectivity index (χ2n) is 9.17. The van der Waals surface area contributed by atoms with Crippen LogP contribution in [0.15, 0.2) is 47.3 Å². The molecule has 0 fully saturated rings. The van der Waals surface area contributed by atoms with Gasteiger partial charge in [-0.1, -0.05) is 30.3 Å². The fraction of sp³-hybridized carbons (Fsp3) is 0.348. The minimum Gasteiger partial charge on any atom is -0.443 e. The topological polar surface area (TPSA) is 110 Å². The van der Waals surface area contributed by atoms with E-state index in [1.165, 1.54) is 6.20 Å². The molecule has 0 aliphatic heterocycles. The Labute approximate surface area is 200 Å². The molecule has 0 saturated heterocycles. The number of carbonyl (C=O) groups is 2. The summed E-state index contributed by atoms with van der Waals surface area (Å²) in [5.74, 6) is 0.241. The van der Waals surface area contributed by atoms with Gasteiger partial charge in [-0.3, -0.25) is 0 Å². The van der Waals surface area contributed by atoms with Crippen molar-refractivity contribution in [1.29, 1.82) is 0 Å². The largest absolute Gasteiger partial charge is 0.443 e. The van der Waals surface area contributed by atoms with Gasteiger partial charge in [0.2, 0.25) is 0 Å². The smallest absolute Gasteiger partial charge is 0.425 e. The summed E-state index contributed by atoms with van der Waals surface area (Å²) in [5.41, 5.74) is 0.108. The fourth-order valence-electron chi connectivity index (χ4n) is 2.75. The monoisotopic (exact) mass is 515 g/mol. The van der Waals surface area contributed by atoms with Crippen LogP contribution in [0.25, 0.3) is 22.8 Å². The first-order valence-electron chi connectivity index (χ1n) is 10.2. The predicted octanol–water partition coefficient (Wildman–Crippen LogP) is 5.97. The zero-order valence-electron chi connectivity index (χ0n) is 19.3. The van der Waals surface area contributed by atoms with Crippen molar-refractivity contribution in [3.63, 3.8) is 0 Å². The number of aromatic nitrogens is 4. The number of nitrogens with zero attached hydrogens (tertiary/aromatic N) is 4. The number of hydrogen-bond acceptors (Lipinski definition) is 7.